The number of allylic oxidation sites excluding steroid dienone is 2. The molecule has 0 heterocycles. The number of nitrogens with two attached hydrogens (primary N) is 1. The number of hydrogen-bond acceptors (Lipinski definition) is 5. The molecule has 0 saturated carbocycles. The Balaban J connectivity index is 4.24. The van der Waals surface area contributed by atoms with Gasteiger partial charge in [0.05, 0.1) is 0 Å². The SMILES string of the molecule is CCCC/C=C\CCCCCCCC(=O)OC(CCCCCCCC)CCCCCCC(=O)NC(CCCN)C(=O)O. The van der Waals surface area contributed by atoms with Crippen molar-refractivity contribution in [2.75, 3.05) is 6.54 Å². The number of carboxylic acid groups (broad SMARTS) is 1. The normalized spacial score (nSPS) is 12.8. The Hall–Kier alpha value is -1.89. The number of aliphatic carboxylic acids is 1. The van der Waals surface area contributed by atoms with Gasteiger partial charge in [-0.15, -0.1) is 0 Å². The van der Waals surface area contributed by atoms with Crippen LogP contribution in [0.15, 0.2) is 12.2 Å². The summed E-state index contributed by atoms with van der Waals surface area (Å²) in [6, 6.07) is -0.860. The maximum Gasteiger partial charge on any atom is 0.326 e. The first-order chi connectivity index (χ1) is 20.4. The lowest BCUT2D eigenvalue weighted by atomic mass is 10.0. The zero-order valence-corrected chi connectivity index (χ0v) is 27.4. The van der Waals surface area contributed by atoms with Crippen molar-refractivity contribution in [2.45, 2.75) is 187 Å². The summed E-state index contributed by atoms with van der Waals surface area (Å²) in [7, 11) is 0. The van der Waals surface area contributed by atoms with Crippen LogP contribution < -0.4 is 11.1 Å². The first-order valence-electron chi connectivity index (χ1n) is 17.5. The Bertz CT molecular complexity index is 682. The highest BCUT2D eigenvalue weighted by Gasteiger charge is 2.19. The molecule has 7 heteroatoms. The summed E-state index contributed by atoms with van der Waals surface area (Å²) < 4.78 is 5.94. The van der Waals surface area contributed by atoms with E-state index in [1.165, 1.54) is 77.0 Å². The molecule has 246 valence electrons. The van der Waals surface area contributed by atoms with Crippen LogP contribution in [0.25, 0.3) is 0 Å². The number of carboxylic acids is 1. The fourth-order valence-electron chi connectivity index (χ4n) is 5.14. The predicted molar refractivity (Wildman–Crippen MR) is 174 cm³/mol. The van der Waals surface area contributed by atoms with Crippen LogP contribution in [0.3, 0.4) is 0 Å². The number of hydrogen-bond donors (Lipinski definition) is 3. The largest absolute Gasteiger partial charge is 0.480 e. The van der Waals surface area contributed by atoms with Crippen molar-refractivity contribution >= 4 is 17.8 Å². The minimum Gasteiger partial charge on any atom is -0.480 e. The Morgan fingerprint density at radius 3 is 1.79 bits per heavy atom. The van der Waals surface area contributed by atoms with E-state index >= 15 is 0 Å². The Labute approximate surface area is 258 Å². The number of carbonyl (C=O) groups excluding carboxylic acids is 2. The molecule has 1 amide bonds. The van der Waals surface area contributed by atoms with Crippen molar-refractivity contribution in [1.82, 2.24) is 5.32 Å². The van der Waals surface area contributed by atoms with E-state index in [4.69, 9.17) is 10.5 Å². The summed E-state index contributed by atoms with van der Waals surface area (Å²) in [6.07, 6.45) is 29.7. The van der Waals surface area contributed by atoms with E-state index in [2.05, 4.69) is 31.3 Å². The van der Waals surface area contributed by atoms with Crippen LogP contribution in [-0.4, -0.2) is 41.6 Å². The quantitative estimate of drug-likeness (QED) is 0.0419. The second kappa shape index (κ2) is 30.6. The van der Waals surface area contributed by atoms with Gasteiger partial charge in [0.2, 0.25) is 5.91 Å². The molecule has 2 unspecified atom stereocenters. The number of rotatable bonds is 31. The molecule has 0 aromatic heterocycles. The number of ether oxygens (including phenoxy) is 1. The standard InChI is InChI=1S/C35H66N2O5/c1-3-5-7-9-11-12-13-14-15-17-23-29-34(39)42-31(25-20-16-10-8-6-4-2)26-21-18-19-22-28-33(38)37-32(35(40)41)27-24-30-36/h9,11,31-32H,3-8,10,12-30,36H2,1-2H3,(H,37,38)(H,40,41)/b11-9-. The van der Waals surface area contributed by atoms with Gasteiger partial charge in [0.1, 0.15) is 12.1 Å². The second-order valence-electron chi connectivity index (χ2n) is 11.9. The molecule has 42 heavy (non-hydrogen) atoms. The van der Waals surface area contributed by atoms with Crippen molar-refractivity contribution in [3.8, 4) is 0 Å². The minimum atomic E-state index is -1.01. The second-order valence-corrected chi connectivity index (χ2v) is 11.9. The Kier molecular flexibility index (Phi) is 29.2. The van der Waals surface area contributed by atoms with Gasteiger partial charge in [0, 0.05) is 12.8 Å². The van der Waals surface area contributed by atoms with E-state index in [1.807, 2.05) is 0 Å². The molecule has 4 N–H and O–H groups in total. The topological polar surface area (TPSA) is 119 Å². The molecule has 0 aliphatic carbocycles. The van der Waals surface area contributed by atoms with E-state index in [9.17, 15) is 19.5 Å². The molecule has 0 rings (SSSR count). The summed E-state index contributed by atoms with van der Waals surface area (Å²) in [6.45, 7) is 4.86. The summed E-state index contributed by atoms with van der Waals surface area (Å²) in [4.78, 5) is 36.0. The van der Waals surface area contributed by atoms with Crippen LogP contribution in [-0.2, 0) is 19.1 Å². The fourth-order valence-corrected chi connectivity index (χ4v) is 5.14. The van der Waals surface area contributed by atoms with Gasteiger partial charge in [0.25, 0.3) is 0 Å². The highest BCUT2D eigenvalue weighted by Crippen LogP contribution is 2.18. The van der Waals surface area contributed by atoms with Gasteiger partial charge in [-0.2, -0.15) is 0 Å². The monoisotopic (exact) mass is 594 g/mol. The molecule has 0 aliphatic heterocycles. The highest BCUT2D eigenvalue weighted by molar-refractivity contribution is 5.83. The number of unbranched alkanes of at least 4 members (excludes halogenated alkanes) is 15. The molecular formula is C35H66N2O5. The van der Waals surface area contributed by atoms with Gasteiger partial charge in [-0.1, -0.05) is 103 Å². The Morgan fingerprint density at radius 1 is 0.667 bits per heavy atom. The van der Waals surface area contributed by atoms with E-state index in [0.29, 0.717) is 32.2 Å². The van der Waals surface area contributed by atoms with Gasteiger partial charge in [-0.3, -0.25) is 9.59 Å². The van der Waals surface area contributed by atoms with E-state index < -0.39 is 12.0 Å². The van der Waals surface area contributed by atoms with Crippen LogP contribution in [0.4, 0.5) is 0 Å². The molecule has 7 nitrogen and oxygen atoms in total. The molecule has 0 saturated heterocycles. The third kappa shape index (κ3) is 27.0. The first kappa shape index (κ1) is 40.1. The van der Waals surface area contributed by atoms with Gasteiger partial charge in [-0.05, 0) is 77.2 Å². The third-order valence-corrected chi connectivity index (χ3v) is 7.83. The number of carbonyl (C=O) groups is 3. The summed E-state index contributed by atoms with van der Waals surface area (Å²) in [5.74, 6) is -1.28. The summed E-state index contributed by atoms with van der Waals surface area (Å²) in [5, 5.41) is 11.9. The maximum atomic E-state index is 12.6. The molecular weight excluding hydrogens is 528 g/mol. The van der Waals surface area contributed by atoms with Gasteiger partial charge in [0.15, 0.2) is 0 Å². The fraction of sp³-hybridized carbons (Fsp3) is 0.857. The van der Waals surface area contributed by atoms with Gasteiger partial charge in [-0.25, -0.2) is 4.79 Å². The number of amides is 1. The lowest BCUT2D eigenvalue weighted by Crippen LogP contribution is -2.40. The van der Waals surface area contributed by atoms with Gasteiger partial charge >= 0.3 is 11.9 Å². The third-order valence-electron chi connectivity index (χ3n) is 7.83. The maximum absolute atomic E-state index is 12.6. The van der Waals surface area contributed by atoms with Crippen LogP contribution in [0.5, 0.6) is 0 Å². The molecule has 0 aromatic rings. The van der Waals surface area contributed by atoms with Crippen LogP contribution >= 0.6 is 0 Å². The number of esters is 1. The molecule has 0 radical (unpaired) electrons. The zero-order valence-electron chi connectivity index (χ0n) is 27.4. The van der Waals surface area contributed by atoms with Crippen molar-refractivity contribution in [3.05, 3.63) is 12.2 Å². The lowest BCUT2D eigenvalue weighted by Gasteiger charge is -2.18. The smallest absolute Gasteiger partial charge is 0.326 e. The first-order valence-corrected chi connectivity index (χ1v) is 17.5. The van der Waals surface area contributed by atoms with E-state index in [-0.39, 0.29) is 18.0 Å². The number of nitrogens with one attached hydrogen (secondary N) is 1. The van der Waals surface area contributed by atoms with Crippen molar-refractivity contribution in [1.29, 1.82) is 0 Å². The predicted octanol–water partition coefficient (Wildman–Crippen LogP) is 8.77. The zero-order chi connectivity index (χ0) is 31.1. The van der Waals surface area contributed by atoms with E-state index in [0.717, 1.165) is 57.8 Å². The van der Waals surface area contributed by atoms with Crippen LogP contribution in [0.2, 0.25) is 0 Å². The van der Waals surface area contributed by atoms with Crippen LogP contribution in [0, 0.1) is 0 Å². The summed E-state index contributed by atoms with van der Waals surface area (Å²) >= 11 is 0. The molecule has 0 aliphatic rings. The van der Waals surface area contributed by atoms with Crippen LogP contribution in [0.1, 0.15) is 174 Å². The lowest BCUT2D eigenvalue weighted by molar-refractivity contribution is -0.150. The van der Waals surface area contributed by atoms with E-state index in [1.54, 1.807) is 0 Å². The van der Waals surface area contributed by atoms with Crippen molar-refractivity contribution in [2.24, 2.45) is 5.73 Å². The van der Waals surface area contributed by atoms with Crippen molar-refractivity contribution < 1.29 is 24.2 Å². The minimum absolute atomic E-state index is 0.00895. The molecule has 0 aromatic carbocycles. The summed E-state index contributed by atoms with van der Waals surface area (Å²) in [5.41, 5.74) is 5.46. The van der Waals surface area contributed by atoms with Gasteiger partial charge < -0.3 is 20.9 Å². The molecule has 2 atom stereocenters. The van der Waals surface area contributed by atoms with Crippen molar-refractivity contribution in [3.63, 3.8) is 0 Å². The Morgan fingerprint density at radius 2 is 1.19 bits per heavy atom. The molecule has 0 spiro atoms. The highest BCUT2D eigenvalue weighted by atomic mass is 16.5. The average Bonchev–Trinajstić information content (AvgIpc) is 2.97. The molecule has 0 fully saturated rings. The molecule has 0 bridgehead atoms. The average molecular weight is 595 g/mol.